The first-order chi connectivity index (χ1) is 7.57. The van der Waals surface area contributed by atoms with Gasteiger partial charge in [0, 0.05) is 5.57 Å². The molecule has 0 spiro atoms. The number of carbonyl (C=O) groups excluding carboxylic acids is 2. The van der Waals surface area contributed by atoms with E-state index in [0.717, 1.165) is 0 Å². The quantitative estimate of drug-likeness (QED) is 0.419. The number of alkyl halides is 2. The molecule has 1 heterocycles. The molecule has 1 N–H and O–H groups in total. The summed E-state index contributed by atoms with van der Waals surface area (Å²) in [6, 6.07) is 0. The SMILES string of the molecule is C=C1COC(=O)C1OC(=O)C(F)(F)S(=O)(=O)O. The standard InChI is InChI=1S/C7H6F2O7S/c1-3-2-15-5(10)4(3)16-6(11)7(8,9)17(12,13)14/h4H,1-2H2,(H,12,13,14). The van der Waals surface area contributed by atoms with Crippen LogP contribution in [-0.2, 0) is 29.2 Å². The topological polar surface area (TPSA) is 107 Å². The zero-order chi connectivity index (χ0) is 13.4. The number of carbonyl (C=O) groups is 2. The van der Waals surface area contributed by atoms with Crippen LogP contribution >= 0.6 is 0 Å². The Bertz CT molecular complexity index is 464. The lowest BCUT2D eigenvalue weighted by molar-refractivity contribution is -0.171. The fourth-order valence-corrected chi connectivity index (χ4v) is 1.15. The Hall–Kier alpha value is -1.55. The van der Waals surface area contributed by atoms with Crippen LogP contribution in [0, 0.1) is 0 Å². The van der Waals surface area contributed by atoms with Gasteiger partial charge in [-0.2, -0.15) is 17.2 Å². The minimum atomic E-state index is -5.97. The average Bonchev–Trinajstić information content (AvgIpc) is 2.47. The first kappa shape index (κ1) is 13.5. The summed E-state index contributed by atoms with van der Waals surface area (Å²) in [6.07, 6.45) is -1.80. The van der Waals surface area contributed by atoms with E-state index in [1.807, 2.05) is 0 Å². The highest BCUT2D eigenvalue weighted by Gasteiger charge is 2.55. The highest BCUT2D eigenvalue weighted by Crippen LogP contribution is 2.25. The molecule has 96 valence electrons. The number of hydrogen-bond donors (Lipinski definition) is 1. The molecule has 1 aliphatic rings. The Morgan fingerprint density at radius 3 is 2.47 bits per heavy atom. The summed E-state index contributed by atoms with van der Waals surface area (Å²) < 4.78 is 62.2. The van der Waals surface area contributed by atoms with Crippen molar-refractivity contribution >= 4 is 22.1 Å². The van der Waals surface area contributed by atoms with Crippen molar-refractivity contribution in [1.82, 2.24) is 0 Å². The van der Waals surface area contributed by atoms with E-state index in [2.05, 4.69) is 16.1 Å². The number of esters is 2. The third-order valence-corrected chi connectivity index (χ3v) is 2.59. The van der Waals surface area contributed by atoms with Crippen molar-refractivity contribution in [2.75, 3.05) is 6.61 Å². The molecule has 1 rings (SSSR count). The van der Waals surface area contributed by atoms with Crippen molar-refractivity contribution in [3.8, 4) is 0 Å². The lowest BCUT2D eigenvalue weighted by Crippen LogP contribution is -2.41. The van der Waals surface area contributed by atoms with Gasteiger partial charge in [-0.05, 0) is 0 Å². The highest BCUT2D eigenvalue weighted by atomic mass is 32.2. The summed E-state index contributed by atoms with van der Waals surface area (Å²) in [4.78, 5) is 21.7. The molecule has 1 saturated heterocycles. The molecule has 1 atom stereocenters. The van der Waals surface area contributed by atoms with Gasteiger partial charge in [0.05, 0.1) is 0 Å². The van der Waals surface area contributed by atoms with Crippen LogP contribution in [0.3, 0.4) is 0 Å². The van der Waals surface area contributed by atoms with Crippen LogP contribution in [0.4, 0.5) is 8.78 Å². The van der Waals surface area contributed by atoms with Crippen LogP contribution in [0.2, 0.25) is 0 Å². The van der Waals surface area contributed by atoms with E-state index in [4.69, 9.17) is 4.55 Å². The largest absolute Gasteiger partial charge is 0.465 e. The van der Waals surface area contributed by atoms with E-state index in [1.165, 1.54) is 0 Å². The molecule has 1 aliphatic heterocycles. The molecule has 7 nitrogen and oxygen atoms in total. The molecular weight excluding hydrogens is 266 g/mol. The number of ether oxygens (including phenoxy) is 2. The maximum atomic E-state index is 12.7. The second kappa shape index (κ2) is 4.04. The van der Waals surface area contributed by atoms with Crippen LogP contribution in [0.15, 0.2) is 12.2 Å². The molecule has 10 heteroatoms. The van der Waals surface area contributed by atoms with Gasteiger partial charge in [0.15, 0.2) is 0 Å². The Morgan fingerprint density at radius 2 is 2.12 bits per heavy atom. The third kappa shape index (κ3) is 2.42. The van der Waals surface area contributed by atoms with E-state index < -0.39 is 33.4 Å². The minimum absolute atomic E-state index is 0.116. The van der Waals surface area contributed by atoms with Gasteiger partial charge >= 0.3 is 27.3 Å². The number of rotatable bonds is 3. The van der Waals surface area contributed by atoms with Crippen LogP contribution < -0.4 is 0 Å². The van der Waals surface area contributed by atoms with Crippen molar-refractivity contribution in [3.63, 3.8) is 0 Å². The zero-order valence-corrected chi connectivity index (χ0v) is 8.87. The second-order valence-electron chi connectivity index (χ2n) is 3.04. The Labute approximate surface area is 93.7 Å². The van der Waals surface area contributed by atoms with Gasteiger partial charge in [-0.25, -0.2) is 9.59 Å². The molecule has 1 fully saturated rings. The van der Waals surface area contributed by atoms with Crippen molar-refractivity contribution in [2.24, 2.45) is 0 Å². The van der Waals surface area contributed by atoms with Crippen LogP contribution in [-0.4, -0.2) is 42.9 Å². The average molecular weight is 272 g/mol. The summed E-state index contributed by atoms with van der Waals surface area (Å²) in [6.45, 7) is 2.88. The van der Waals surface area contributed by atoms with Crippen LogP contribution in [0.5, 0.6) is 0 Å². The molecule has 17 heavy (non-hydrogen) atoms. The van der Waals surface area contributed by atoms with Gasteiger partial charge in [-0.3, -0.25) is 4.55 Å². The maximum Gasteiger partial charge on any atom is 0.465 e. The van der Waals surface area contributed by atoms with E-state index in [1.54, 1.807) is 0 Å². The van der Waals surface area contributed by atoms with Gasteiger partial charge in [-0.15, -0.1) is 0 Å². The number of cyclic esters (lactones) is 1. The van der Waals surface area contributed by atoms with Gasteiger partial charge in [0.2, 0.25) is 6.10 Å². The maximum absolute atomic E-state index is 12.7. The van der Waals surface area contributed by atoms with Crippen molar-refractivity contribution in [1.29, 1.82) is 0 Å². The Balaban J connectivity index is 2.87. The lowest BCUT2D eigenvalue weighted by Gasteiger charge is -2.14. The van der Waals surface area contributed by atoms with Crippen LogP contribution in [0.25, 0.3) is 0 Å². The second-order valence-corrected chi connectivity index (χ2v) is 4.51. The molecule has 0 radical (unpaired) electrons. The fraction of sp³-hybridized carbons (Fsp3) is 0.429. The summed E-state index contributed by atoms with van der Waals surface area (Å²) in [5.41, 5.74) is -0.116. The molecule has 0 aromatic carbocycles. The molecular formula is C7H6F2O7S. The number of halogens is 2. The molecule has 0 saturated carbocycles. The molecule has 0 bridgehead atoms. The fourth-order valence-electron chi connectivity index (χ4n) is 0.894. The Kier molecular flexibility index (Phi) is 3.21. The summed E-state index contributed by atoms with van der Waals surface area (Å²) in [5, 5.41) is -5.16. The molecule has 0 aromatic heterocycles. The van der Waals surface area contributed by atoms with Gasteiger partial charge in [0.25, 0.3) is 0 Å². The first-order valence-corrected chi connectivity index (χ1v) is 5.41. The first-order valence-electron chi connectivity index (χ1n) is 3.97. The highest BCUT2D eigenvalue weighted by molar-refractivity contribution is 7.87. The minimum Gasteiger partial charge on any atom is -0.458 e. The lowest BCUT2D eigenvalue weighted by atomic mass is 10.2. The smallest absolute Gasteiger partial charge is 0.458 e. The van der Waals surface area contributed by atoms with Crippen LogP contribution in [0.1, 0.15) is 0 Å². The van der Waals surface area contributed by atoms with Gasteiger partial charge in [0.1, 0.15) is 6.61 Å². The predicted octanol–water partition coefficient (Wildman–Crippen LogP) is -0.508. The van der Waals surface area contributed by atoms with Gasteiger partial charge < -0.3 is 9.47 Å². The monoisotopic (exact) mass is 272 g/mol. The molecule has 0 aliphatic carbocycles. The van der Waals surface area contributed by atoms with Gasteiger partial charge in [-0.1, -0.05) is 6.58 Å². The Morgan fingerprint density at radius 1 is 1.59 bits per heavy atom. The van der Waals surface area contributed by atoms with Crippen molar-refractivity contribution in [3.05, 3.63) is 12.2 Å². The normalized spacial score (nSPS) is 21.2. The zero-order valence-electron chi connectivity index (χ0n) is 8.05. The van der Waals surface area contributed by atoms with E-state index in [9.17, 15) is 26.8 Å². The molecule has 0 aromatic rings. The number of hydrogen-bond acceptors (Lipinski definition) is 6. The van der Waals surface area contributed by atoms with Crippen molar-refractivity contribution < 1.29 is 40.8 Å². The summed E-state index contributed by atoms with van der Waals surface area (Å²) in [5.74, 6) is -3.72. The van der Waals surface area contributed by atoms with E-state index >= 15 is 0 Å². The molecule has 1 unspecified atom stereocenters. The summed E-state index contributed by atoms with van der Waals surface area (Å²) >= 11 is 0. The van der Waals surface area contributed by atoms with E-state index in [0.29, 0.717) is 0 Å². The predicted molar refractivity (Wildman–Crippen MR) is 46.5 cm³/mol. The van der Waals surface area contributed by atoms with Crippen molar-refractivity contribution in [2.45, 2.75) is 11.4 Å². The summed E-state index contributed by atoms with van der Waals surface area (Å²) in [7, 11) is -5.97. The molecule has 0 amide bonds. The van der Waals surface area contributed by atoms with E-state index in [-0.39, 0.29) is 12.2 Å². The third-order valence-electron chi connectivity index (χ3n) is 1.77.